The quantitative estimate of drug-likeness (QED) is 0.358. The average Bonchev–Trinajstić information content (AvgIpc) is 2.76. The number of carbonyl (C=O) groups excluding carboxylic acids is 2. The summed E-state index contributed by atoms with van der Waals surface area (Å²) in [5.74, 6) is -0.450. The summed E-state index contributed by atoms with van der Waals surface area (Å²) in [5.41, 5.74) is 0.931. The lowest BCUT2D eigenvalue weighted by molar-refractivity contribution is -0.144. The Labute approximate surface area is 139 Å². The lowest BCUT2D eigenvalue weighted by Crippen LogP contribution is -2.27. The van der Waals surface area contributed by atoms with Crippen LogP contribution in [0.3, 0.4) is 0 Å². The molecule has 0 spiro atoms. The molecule has 22 heavy (non-hydrogen) atoms. The molecule has 2 rings (SSSR count). The van der Waals surface area contributed by atoms with E-state index in [4.69, 9.17) is 17.0 Å². The number of ether oxygens (including phenoxy) is 1. The maximum Gasteiger partial charge on any atom is 0.307 e. The first-order chi connectivity index (χ1) is 10.5. The molecule has 0 aliphatic carbocycles. The summed E-state index contributed by atoms with van der Waals surface area (Å²) in [6.07, 6.45) is 1.88. The van der Waals surface area contributed by atoms with Crippen molar-refractivity contribution >= 4 is 40.7 Å². The summed E-state index contributed by atoms with van der Waals surface area (Å²) in [7, 11) is 1.69. The third kappa shape index (κ3) is 3.96. The largest absolute Gasteiger partial charge is 0.466 e. The van der Waals surface area contributed by atoms with Gasteiger partial charge in [-0.2, -0.15) is 0 Å². The molecule has 1 amide bonds. The maximum absolute atomic E-state index is 12.2. The van der Waals surface area contributed by atoms with Gasteiger partial charge in [0.05, 0.1) is 18.1 Å². The number of esters is 1. The Morgan fingerprint density at radius 1 is 1.41 bits per heavy atom. The van der Waals surface area contributed by atoms with Gasteiger partial charge in [0.1, 0.15) is 5.25 Å². The van der Waals surface area contributed by atoms with Crippen molar-refractivity contribution in [2.75, 3.05) is 13.7 Å². The number of hydrogen-bond acceptors (Lipinski definition) is 5. The first kappa shape index (κ1) is 16.7. The van der Waals surface area contributed by atoms with Gasteiger partial charge in [0.2, 0.25) is 5.91 Å². The number of amides is 1. The molecule has 1 saturated heterocycles. The minimum absolute atomic E-state index is 0.0805. The highest BCUT2D eigenvalue weighted by atomic mass is 32.2. The lowest BCUT2D eigenvalue weighted by Gasteiger charge is -2.10. The minimum Gasteiger partial charge on any atom is -0.466 e. The van der Waals surface area contributed by atoms with E-state index in [1.54, 1.807) is 24.9 Å². The van der Waals surface area contributed by atoms with Crippen LogP contribution in [0.4, 0.5) is 0 Å². The fourth-order valence-corrected chi connectivity index (χ4v) is 3.55. The molecule has 1 aliphatic rings. The molecule has 116 valence electrons. The van der Waals surface area contributed by atoms with Gasteiger partial charge in [0, 0.05) is 11.9 Å². The van der Waals surface area contributed by atoms with Crippen LogP contribution in [0.15, 0.2) is 41.4 Å². The van der Waals surface area contributed by atoms with E-state index in [0.717, 1.165) is 10.6 Å². The number of benzene rings is 1. The van der Waals surface area contributed by atoms with Crippen LogP contribution in [-0.4, -0.2) is 40.5 Å². The number of nitrogens with zero attached hydrogens (tertiary/aromatic N) is 1. The van der Waals surface area contributed by atoms with Crippen LogP contribution in [0.1, 0.15) is 18.9 Å². The number of allylic oxidation sites excluding steroid dienone is 1. The first-order valence-corrected chi connectivity index (χ1v) is 8.22. The standard InChI is InChI=1S/C16H17NO3S2/c1-3-20-15(18)10-13-16(19)17(2)14(22-13)9-12(21)11-7-5-4-6-8-11/h4-9,13H,3,10H2,1-2H3/b14-9-. The van der Waals surface area contributed by atoms with Crippen molar-refractivity contribution in [3.63, 3.8) is 0 Å². The maximum atomic E-state index is 12.2. The first-order valence-electron chi connectivity index (χ1n) is 6.94. The normalized spacial score (nSPS) is 19.5. The molecule has 0 radical (unpaired) electrons. The van der Waals surface area contributed by atoms with Crippen LogP contribution in [0, 0.1) is 0 Å². The second-order valence-corrected chi connectivity index (χ2v) is 6.39. The van der Waals surface area contributed by atoms with Gasteiger partial charge < -0.3 is 9.64 Å². The highest BCUT2D eigenvalue weighted by molar-refractivity contribution is 8.04. The van der Waals surface area contributed by atoms with E-state index in [0.29, 0.717) is 11.5 Å². The molecule has 1 aliphatic heterocycles. The van der Waals surface area contributed by atoms with Crippen molar-refractivity contribution < 1.29 is 14.3 Å². The van der Waals surface area contributed by atoms with Crippen molar-refractivity contribution in [1.82, 2.24) is 4.90 Å². The summed E-state index contributed by atoms with van der Waals surface area (Å²) in [4.78, 5) is 25.9. The van der Waals surface area contributed by atoms with Crippen LogP contribution in [0.2, 0.25) is 0 Å². The predicted molar refractivity (Wildman–Crippen MR) is 91.6 cm³/mol. The van der Waals surface area contributed by atoms with E-state index in [9.17, 15) is 9.59 Å². The van der Waals surface area contributed by atoms with Crippen LogP contribution >= 0.6 is 24.0 Å². The molecule has 1 aromatic rings. The highest BCUT2D eigenvalue weighted by Crippen LogP contribution is 2.36. The number of rotatable bonds is 5. The number of carbonyl (C=O) groups is 2. The van der Waals surface area contributed by atoms with Crippen molar-refractivity contribution in [3.05, 3.63) is 47.0 Å². The van der Waals surface area contributed by atoms with Gasteiger partial charge in [-0.05, 0) is 18.6 Å². The summed E-state index contributed by atoms with van der Waals surface area (Å²) in [5, 5.41) is 0.321. The molecule has 1 fully saturated rings. The molecule has 0 saturated carbocycles. The van der Waals surface area contributed by atoms with Crippen LogP contribution in [0.25, 0.3) is 0 Å². The zero-order chi connectivity index (χ0) is 16.1. The number of thioether (sulfide) groups is 1. The summed E-state index contributed by atoms with van der Waals surface area (Å²) >= 11 is 6.75. The summed E-state index contributed by atoms with van der Waals surface area (Å²) in [6, 6.07) is 9.61. The third-order valence-electron chi connectivity index (χ3n) is 3.17. The molecule has 1 heterocycles. The van der Waals surface area contributed by atoms with Gasteiger partial charge in [0.25, 0.3) is 0 Å². The van der Waals surface area contributed by atoms with E-state index in [1.165, 1.54) is 11.8 Å². The van der Waals surface area contributed by atoms with Gasteiger partial charge in [-0.3, -0.25) is 9.59 Å². The SMILES string of the molecule is CCOC(=O)CC1S/C(=C\C(=S)c2ccccc2)N(C)C1=O. The van der Waals surface area contributed by atoms with E-state index in [1.807, 2.05) is 30.3 Å². The molecule has 4 nitrogen and oxygen atoms in total. The molecule has 0 bridgehead atoms. The zero-order valence-corrected chi connectivity index (χ0v) is 14.1. The Kier molecular flexibility index (Phi) is 5.74. The third-order valence-corrected chi connectivity index (χ3v) is 4.81. The second-order valence-electron chi connectivity index (χ2n) is 4.73. The van der Waals surface area contributed by atoms with Gasteiger partial charge in [-0.25, -0.2) is 0 Å². The summed E-state index contributed by atoms with van der Waals surface area (Å²) < 4.78 is 4.90. The van der Waals surface area contributed by atoms with Crippen molar-refractivity contribution in [1.29, 1.82) is 0 Å². The van der Waals surface area contributed by atoms with Gasteiger partial charge in [0.15, 0.2) is 0 Å². The Balaban J connectivity index is 2.09. The molecule has 1 atom stereocenters. The van der Waals surface area contributed by atoms with Crippen molar-refractivity contribution in [2.45, 2.75) is 18.6 Å². The van der Waals surface area contributed by atoms with Crippen molar-refractivity contribution in [2.24, 2.45) is 0 Å². The number of thiocarbonyl (C=S) groups is 1. The van der Waals surface area contributed by atoms with Crippen LogP contribution in [-0.2, 0) is 14.3 Å². The topological polar surface area (TPSA) is 46.6 Å². The van der Waals surface area contributed by atoms with E-state index < -0.39 is 5.25 Å². The highest BCUT2D eigenvalue weighted by Gasteiger charge is 2.36. The van der Waals surface area contributed by atoms with E-state index >= 15 is 0 Å². The Hall–Kier alpha value is -1.66. The average molecular weight is 335 g/mol. The minimum atomic E-state index is -0.436. The number of hydrogen-bond donors (Lipinski definition) is 0. The van der Waals surface area contributed by atoms with Crippen LogP contribution < -0.4 is 0 Å². The van der Waals surface area contributed by atoms with Crippen LogP contribution in [0.5, 0.6) is 0 Å². The predicted octanol–water partition coefficient (Wildman–Crippen LogP) is 2.77. The molecule has 0 aromatic heterocycles. The Bertz CT molecular complexity index is 613. The van der Waals surface area contributed by atoms with E-state index in [2.05, 4.69) is 0 Å². The fourth-order valence-electron chi connectivity index (χ4n) is 2.03. The van der Waals surface area contributed by atoms with Crippen molar-refractivity contribution in [3.8, 4) is 0 Å². The van der Waals surface area contributed by atoms with Gasteiger partial charge in [-0.15, -0.1) is 0 Å². The molecular weight excluding hydrogens is 318 g/mol. The second kappa shape index (κ2) is 7.56. The fraction of sp³-hybridized carbons (Fsp3) is 0.312. The van der Waals surface area contributed by atoms with E-state index in [-0.39, 0.29) is 18.3 Å². The molecule has 6 heteroatoms. The van der Waals surface area contributed by atoms with Gasteiger partial charge >= 0.3 is 5.97 Å². The molecular formula is C16H17NO3S2. The lowest BCUT2D eigenvalue weighted by atomic mass is 10.1. The Morgan fingerprint density at radius 3 is 2.73 bits per heavy atom. The van der Waals surface area contributed by atoms with Gasteiger partial charge in [-0.1, -0.05) is 54.3 Å². The Morgan fingerprint density at radius 2 is 2.09 bits per heavy atom. The smallest absolute Gasteiger partial charge is 0.307 e. The summed E-state index contributed by atoms with van der Waals surface area (Å²) in [6.45, 7) is 2.07. The molecule has 1 unspecified atom stereocenters. The molecule has 1 aromatic carbocycles. The monoisotopic (exact) mass is 335 g/mol. The molecule has 0 N–H and O–H groups in total. The zero-order valence-electron chi connectivity index (χ0n) is 12.4.